The highest BCUT2D eigenvalue weighted by Crippen LogP contribution is 2.21. The Morgan fingerprint density at radius 2 is 2.06 bits per heavy atom. The summed E-state index contributed by atoms with van der Waals surface area (Å²) in [6, 6.07) is 0. The first-order valence-corrected chi connectivity index (χ1v) is 5.82. The van der Waals surface area contributed by atoms with Crippen molar-refractivity contribution in [2.24, 2.45) is 0 Å². The fourth-order valence-corrected chi connectivity index (χ4v) is 2.18. The first kappa shape index (κ1) is 12.7. The minimum absolute atomic E-state index is 0.149. The maximum absolute atomic E-state index is 12.1. The van der Waals surface area contributed by atoms with Gasteiger partial charge in [0.25, 0.3) is 0 Å². The molecule has 1 aromatic rings. The van der Waals surface area contributed by atoms with Gasteiger partial charge in [-0.1, -0.05) is 0 Å². The number of hydrogen-bond donors (Lipinski definition) is 0. The molecule has 0 aliphatic heterocycles. The molecule has 0 N–H and O–H groups in total. The fraction of sp³-hybridized carbons (Fsp3) is 0.429. The van der Waals surface area contributed by atoms with Gasteiger partial charge in [0.2, 0.25) is 0 Å². The molecule has 0 radical (unpaired) electrons. The molecule has 1 rings (SSSR count). The van der Waals surface area contributed by atoms with Crippen molar-refractivity contribution in [3.63, 3.8) is 0 Å². The molecule has 90 valence electrons. The number of aldehydes is 1. The van der Waals surface area contributed by atoms with Crippen LogP contribution >= 0.6 is 0 Å². The molecule has 0 spiro atoms. The molecule has 1 aromatic heterocycles. The van der Waals surface area contributed by atoms with E-state index in [1.54, 1.807) is 0 Å². The molecule has 0 saturated heterocycles. The summed E-state index contributed by atoms with van der Waals surface area (Å²) < 4.78 is 58.9. The molecule has 0 fully saturated rings. The van der Waals surface area contributed by atoms with Gasteiger partial charge in [-0.3, -0.25) is 4.79 Å². The fourth-order valence-electron chi connectivity index (χ4n) is 1.16. The molecule has 0 amide bonds. The third-order valence-electron chi connectivity index (χ3n) is 1.62. The largest absolute Gasteiger partial charge is 0.408 e. The highest BCUT2D eigenvalue weighted by molar-refractivity contribution is 7.90. The summed E-state index contributed by atoms with van der Waals surface area (Å²) >= 11 is 0. The normalized spacial score (nSPS) is 12.8. The summed E-state index contributed by atoms with van der Waals surface area (Å²) in [6.07, 6.45) is -2.96. The number of halogens is 3. The lowest BCUT2D eigenvalue weighted by atomic mass is 10.4. The van der Waals surface area contributed by atoms with Gasteiger partial charge in [-0.05, 0) is 0 Å². The zero-order valence-corrected chi connectivity index (χ0v) is 8.84. The molecule has 0 unspecified atom stereocenters. The summed E-state index contributed by atoms with van der Waals surface area (Å²) in [7, 11) is -3.94. The smallest absolute Gasteiger partial charge is 0.298 e. The molecule has 0 aliphatic carbocycles. The SMILES string of the molecule is CS(=O)(=O)c1c(C=O)cnn1CC(F)(F)F. The van der Waals surface area contributed by atoms with Gasteiger partial charge in [0.05, 0.1) is 11.8 Å². The van der Waals surface area contributed by atoms with Gasteiger partial charge < -0.3 is 0 Å². The molecule has 5 nitrogen and oxygen atoms in total. The summed E-state index contributed by atoms with van der Waals surface area (Å²) in [5.41, 5.74) is -0.383. The molecule has 0 saturated carbocycles. The third kappa shape index (κ3) is 2.81. The van der Waals surface area contributed by atoms with Crippen LogP contribution in [0.15, 0.2) is 11.2 Å². The number of alkyl halides is 3. The van der Waals surface area contributed by atoms with Gasteiger partial charge in [-0.25, -0.2) is 13.1 Å². The van der Waals surface area contributed by atoms with Gasteiger partial charge in [-0.15, -0.1) is 0 Å². The molecular weight excluding hydrogens is 249 g/mol. The Bertz CT molecular complexity index is 503. The van der Waals surface area contributed by atoms with Crippen LogP contribution in [-0.2, 0) is 16.4 Å². The first-order chi connectivity index (χ1) is 7.15. The predicted molar refractivity (Wildman–Crippen MR) is 46.8 cm³/mol. The standard InChI is InChI=1S/C7H7F3N2O3S/c1-16(14,15)6-5(3-13)2-11-12(6)4-7(8,9)10/h2-3H,4H2,1H3. The van der Waals surface area contributed by atoms with Crippen LogP contribution in [0.1, 0.15) is 10.4 Å². The maximum Gasteiger partial charge on any atom is 0.408 e. The first-order valence-electron chi connectivity index (χ1n) is 3.93. The molecule has 0 bridgehead atoms. The topological polar surface area (TPSA) is 69.0 Å². The van der Waals surface area contributed by atoms with E-state index in [4.69, 9.17) is 0 Å². The van der Waals surface area contributed by atoms with Gasteiger partial charge in [-0.2, -0.15) is 18.3 Å². The van der Waals surface area contributed by atoms with E-state index in [2.05, 4.69) is 5.10 Å². The average molecular weight is 256 g/mol. The molecular formula is C7H7F3N2O3S. The van der Waals surface area contributed by atoms with E-state index >= 15 is 0 Å². The summed E-state index contributed by atoms with van der Waals surface area (Å²) in [5.74, 6) is 0. The second kappa shape index (κ2) is 3.89. The van der Waals surface area contributed by atoms with Crippen LogP contribution in [0.2, 0.25) is 0 Å². The van der Waals surface area contributed by atoms with Crippen LogP contribution in [0.3, 0.4) is 0 Å². The zero-order chi connectivity index (χ0) is 12.6. The number of carbonyl (C=O) groups excluding carboxylic acids is 1. The minimum atomic E-state index is -4.61. The highest BCUT2D eigenvalue weighted by Gasteiger charge is 2.32. The molecule has 0 aromatic carbocycles. The summed E-state index contributed by atoms with van der Waals surface area (Å²) in [4.78, 5) is 10.5. The van der Waals surface area contributed by atoms with E-state index in [-0.39, 0.29) is 16.5 Å². The van der Waals surface area contributed by atoms with Crippen molar-refractivity contribution < 1.29 is 26.4 Å². The molecule has 0 aliphatic rings. The van der Waals surface area contributed by atoms with Crippen molar-refractivity contribution in [1.29, 1.82) is 0 Å². The van der Waals surface area contributed by atoms with Crippen molar-refractivity contribution in [2.75, 3.05) is 6.26 Å². The Kier molecular flexibility index (Phi) is 3.08. The van der Waals surface area contributed by atoms with E-state index < -0.39 is 27.6 Å². The lowest BCUT2D eigenvalue weighted by molar-refractivity contribution is -0.144. The van der Waals surface area contributed by atoms with Crippen LogP contribution in [0, 0.1) is 0 Å². The van der Waals surface area contributed by atoms with E-state index in [0.717, 1.165) is 6.20 Å². The lowest BCUT2D eigenvalue weighted by Gasteiger charge is -2.09. The van der Waals surface area contributed by atoms with Crippen LogP contribution in [0.25, 0.3) is 0 Å². The van der Waals surface area contributed by atoms with Crippen LogP contribution in [0.4, 0.5) is 13.2 Å². The Morgan fingerprint density at radius 3 is 2.44 bits per heavy atom. The van der Waals surface area contributed by atoms with E-state index in [9.17, 15) is 26.4 Å². The van der Waals surface area contributed by atoms with E-state index in [1.807, 2.05) is 0 Å². The van der Waals surface area contributed by atoms with Gasteiger partial charge in [0, 0.05) is 6.26 Å². The number of hydrogen-bond acceptors (Lipinski definition) is 4. The second-order valence-electron chi connectivity index (χ2n) is 3.07. The molecule has 1 heterocycles. The number of aromatic nitrogens is 2. The highest BCUT2D eigenvalue weighted by atomic mass is 32.2. The second-order valence-corrected chi connectivity index (χ2v) is 5.00. The van der Waals surface area contributed by atoms with Crippen LogP contribution < -0.4 is 0 Å². The van der Waals surface area contributed by atoms with Crippen molar-refractivity contribution in [2.45, 2.75) is 17.7 Å². The quantitative estimate of drug-likeness (QED) is 0.745. The average Bonchev–Trinajstić information content (AvgIpc) is 2.43. The Morgan fingerprint density at radius 1 is 1.50 bits per heavy atom. The predicted octanol–water partition coefficient (Wildman–Crippen LogP) is 0.661. The Balaban J connectivity index is 3.32. The van der Waals surface area contributed by atoms with Gasteiger partial charge in [0.1, 0.15) is 6.54 Å². The monoisotopic (exact) mass is 256 g/mol. The lowest BCUT2D eigenvalue weighted by Crippen LogP contribution is -2.22. The summed E-state index contributed by atoms with van der Waals surface area (Å²) in [6.45, 7) is -1.55. The molecule has 9 heteroatoms. The number of carbonyl (C=O) groups is 1. The van der Waals surface area contributed by atoms with Gasteiger partial charge in [0.15, 0.2) is 21.1 Å². The maximum atomic E-state index is 12.1. The van der Waals surface area contributed by atoms with Crippen LogP contribution in [-0.4, -0.2) is 36.9 Å². The Labute approximate surface area is 88.8 Å². The van der Waals surface area contributed by atoms with Crippen molar-refractivity contribution in [3.8, 4) is 0 Å². The Hall–Kier alpha value is -1.38. The minimum Gasteiger partial charge on any atom is -0.298 e. The van der Waals surface area contributed by atoms with E-state index in [0.29, 0.717) is 6.26 Å². The van der Waals surface area contributed by atoms with Gasteiger partial charge >= 0.3 is 6.18 Å². The number of nitrogens with zero attached hydrogens (tertiary/aromatic N) is 2. The summed E-state index contributed by atoms with van der Waals surface area (Å²) in [5, 5.41) is 2.50. The van der Waals surface area contributed by atoms with Crippen molar-refractivity contribution in [1.82, 2.24) is 9.78 Å². The molecule has 0 atom stereocenters. The molecule has 16 heavy (non-hydrogen) atoms. The zero-order valence-electron chi connectivity index (χ0n) is 8.02. The van der Waals surface area contributed by atoms with E-state index in [1.165, 1.54) is 0 Å². The van der Waals surface area contributed by atoms with Crippen molar-refractivity contribution in [3.05, 3.63) is 11.8 Å². The number of sulfone groups is 1. The van der Waals surface area contributed by atoms with Crippen molar-refractivity contribution >= 4 is 16.1 Å². The number of rotatable bonds is 3. The van der Waals surface area contributed by atoms with Crippen LogP contribution in [0.5, 0.6) is 0 Å². The third-order valence-corrected chi connectivity index (χ3v) is 2.77.